The second-order valence-corrected chi connectivity index (χ2v) is 7.41. The highest BCUT2D eigenvalue weighted by Gasteiger charge is 2.39. The zero-order valence-electron chi connectivity index (χ0n) is 13.1. The first-order valence-electron chi connectivity index (χ1n) is 8.08. The van der Waals surface area contributed by atoms with Gasteiger partial charge in [0.25, 0.3) is 0 Å². The molecule has 1 aliphatic carbocycles. The number of rotatable bonds is 2. The molecule has 0 bridgehead atoms. The van der Waals surface area contributed by atoms with E-state index in [1.807, 2.05) is 0 Å². The molecule has 0 aromatic heterocycles. The zero-order valence-corrected chi connectivity index (χ0v) is 13.1. The van der Waals surface area contributed by atoms with Crippen LogP contribution in [0, 0.1) is 5.92 Å². The second-order valence-electron chi connectivity index (χ2n) is 7.41. The molecule has 0 spiro atoms. The summed E-state index contributed by atoms with van der Waals surface area (Å²) in [7, 11) is 0. The van der Waals surface area contributed by atoms with E-state index in [1.165, 1.54) is 25.8 Å². The molecule has 20 heavy (non-hydrogen) atoms. The van der Waals surface area contributed by atoms with Crippen molar-refractivity contribution in [2.75, 3.05) is 13.1 Å². The first-order valence-corrected chi connectivity index (χ1v) is 8.08. The molecule has 0 saturated carbocycles. The highest BCUT2D eigenvalue weighted by molar-refractivity contribution is 5.38. The van der Waals surface area contributed by atoms with E-state index in [9.17, 15) is 0 Å². The molecule has 3 rings (SSSR count). The molecule has 1 aliphatic heterocycles. The Morgan fingerprint density at radius 3 is 2.75 bits per heavy atom. The Labute approximate surface area is 123 Å². The summed E-state index contributed by atoms with van der Waals surface area (Å²) in [5.41, 5.74) is 9.34. The predicted octanol–water partition coefficient (Wildman–Crippen LogP) is 3.47. The number of benzene rings is 1. The summed E-state index contributed by atoms with van der Waals surface area (Å²) in [6.45, 7) is 9.16. The Bertz CT molecular complexity index is 480. The van der Waals surface area contributed by atoms with Gasteiger partial charge in [-0.25, -0.2) is 0 Å². The summed E-state index contributed by atoms with van der Waals surface area (Å²) in [5.74, 6) is 0.687. The van der Waals surface area contributed by atoms with Crippen molar-refractivity contribution >= 4 is 0 Å². The van der Waals surface area contributed by atoms with Crippen LogP contribution in [0.5, 0.6) is 0 Å². The van der Waals surface area contributed by atoms with Gasteiger partial charge in [0.05, 0.1) is 0 Å². The molecular weight excluding hydrogens is 244 g/mol. The monoisotopic (exact) mass is 272 g/mol. The fourth-order valence-corrected chi connectivity index (χ4v) is 4.31. The van der Waals surface area contributed by atoms with Crippen molar-refractivity contribution in [2.45, 2.75) is 57.5 Å². The fraction of sp³-hybridized carbons (Fsp3) is 0.667. The van der Waals surface area contributed by atoms with Gasteiger partial charge in [0, 0.05) is 18.6 Å². The third kappa shape index (κ3) is 2.29. The molecule has 2 heteroatoms. The zero-order chi connectivity index (χ0) is 14.3. The van der Waals surface area contributed by atoms with Crippen molar-refractivity contribution in [3.63, 3.8) is 0 Å². The van der Waals surface area contributed by atoms with Gasteiger partial charge >= 0.3 is 0 Å². The standard InChI is InChI=1S/C18H28N2/c1-13-10-14(11-19)12-20(13)17-8-9-18(2,3)16-7-5-4-6-15(16)17/h4-7,13-14,17H,8-12,19H2,1-3H3. The Morgan fingerprint density at radius 1 is 1.30 bits per heavy atom. The summed E-state index contributed by atoms with van der Waals surface area (Å²) >= 11 is 0. The molecule has 1 heterocycles. The van der Waals surface area contributed by atoms with E-state index in [0.29, 0.717) is 23.4 Å². The molecule has 0 radical (unpaired) electrons. The van der Waals surface area contributed by atoms with Gasteiger partial charge in [-0.3, -0.25) is 4.90 Å². The number of nitrogens with two attached hydrogens (primary N) is 1. The van der Waals surface area contributed by atoms with Crippen LogP contribution in [0.3, 0.4) is 0 Å². The van der Waals surface area contributed by atoms with Crippen LogP contribution in [0.2, 0.25) is 0 Å². The molecule has 1 saturated heterocycles. The number of hydrogen-bond donors (Lipinski definition) is 1. The van der Waals surface area contributed by atoms with Gasteiger partial charge in [-0.05, 0) is 55.2 Å². The molecule has 2 aliphatic rings. The van der Waals surface area contributed by atoms with E-state index in [1.54, 1.807) is 11.1 Å². The minimum absolute atomic E-state index is 0.323. The Kier molecular flexibility index (Phi) is 3.64. The summed E-state index contributed by atoms with van der Waals surface area (Å²) < 4.78 is 0. The maximum absolute atomic E-state index is 5.90. The predicted molar refractivity (Wildman–Crippen MR) is 84.8 cm³/mol. The molecular formula is C18H28N2. The Morgan fingerprint density at radius 2 is 2.05 bits per heavy atom. The van der Waals surface area contributed by atoms with E-state index < -0.39 is 0 Å². The lowest BCUT2D eigenvalue weighted by atomic mass is 9.70. The molecule has 1 aromatic carbocycles. The summed E-state index contributed by atoms with van der Waals surface area (Å²) in [5, 5.41) is 0. The summed E-state index contributed by atoms with van der Waals surface area (Å²) in [4.78, 5) is 2.71. The van der Waals surface area contributed by atoms with Crippen LogP contribution in [0.25, 0.3) is 0 Å². The van der Waals surface area contributed by atoms with Crippen LogP contribution in [0.4, 0.5) is 0 Å². The van der Waals surface area contributed by atoms with Crippen molar-refractivity contribution < 1.29 is 0 Å². The van der Waals surface area contributed by atoms with Crippen LogP contribution in [-0.4, -0.2) is 24.0 Å². The highest BCUT2D eigenvalue weighted by atomic mass is 15.2. The lowest BCUT2D eigenvalue weighted by Gasteiger charge is -2.42. The maximum atomic E-state index is 5.90. The Balaban J connectivity index is 1.93. The second kappa shape index (κ2) is 5.16. The molecule has 110 valence electrons. The quantitative estimate of drug-likeness (QED) is 0.893. The van der Waals surface area contributed by atoms with Crippen LogP contribution in [0.15, 0.2) is 24.3 Å². The van der Waals surface area contributed by atoms with E-state index in [2.05, 4.69) is 49.9 Å². The van der Waals surface area contributed by atoms with Crippen molar-refractivity contribution in [1.82, 2.24) is 4.90 Å². The van der Waals surface area contributed by atoms with Gasteiger partial charge in [-0.1, -0.05) is 38.1 Å². The minimum Gasteiger partial charge on any atom is -0.330 e. The minimum atomic E-state index is 0.323. The van der Waals surface area contributed by atoms with Crippen molar-refractivity contribution in [2.24, 2.45) is 11.7 Å². The smallest absolute Gasteiger partial charge is 0.0354 e. The average Bonchev–Trinajstić information content (AvgIpc) is 2.80. The number of hydrogen-bond acceptors (Lipinski definition) is 2. The largest absolute Gasteiger partial charge is 0.330 e. The topological polar surface area (TPSA) is 29.3 Å². The van der Waals surface area contributed by atoms with Gasteiger partial charge in [0.1, 0.15) is 0 Å². The van der Waals surface area contributed by atoms with Gasteiger partial charge in [-0.15, -0.1) is 0 Å². The molecule has 1 aromatic rings. The van der Waals surface area contributed by atoms with Crippen LogP contribution in [-0.2, 0) is 5.41 Å². The van der Waals surface area contributed by atoms with Crippen LogP contribution >= 0.6 is 0 Å². The first kappa shape index (κ1) is 14.1. The molecule has 0 amide bonds. The third-order valence-corrected chi connectivity index (χ3v) is 5.53. The summed E-state index contributed by atoms with van der Waals surface area (Å²) in [6.07, 6.45) is 3.83. The van der Waals surface area contributed by atoms with Crippen molar-refractivity contribution in [3.05, 3.63) is 35.4 Å². The maximum Gasteiger partial charge on any atom is 0.0354 e. The summed E-state index contributed by atoms with van der Waals surface area (Å²) in [6, 6.07) is 10.4. The molecule has 2 nitrogen and oxygen atoms in total. The van der Waals surface area contributed by atoms with E-state index >= 15 is 0 Å². The Hall–Kier alpha value is -0.860. The van der Waals surface area contributed by atoms with Gasteiger partial charge in [0.15, 0.2) is 0 Å². The van der Waals surface area contributed by atoms with Gasteiger partial charge in [-0.2, -0.15) is 0 Å². The van der Waals surface area contributed by atoms with Gasteiger partial charge in [0.2, 0.25) is 0 Å². The average molecular weight is 272 g/mol. The van der Waals surface area contributed by atoms with Crippen molar-refractivity contribution in [3.8, 4) is 0 Å². The normalized spacial score (nSPS) is 33.1. The number of nitrogens with zero attached hydrogens (tertiary/aromatic N) is 1. The lowest BCUT2D eigenvalue weighted by molar-refractivity contribution is 0.155. The highest BCUT2D eigenvalue weighted by Crippen LogP contribution is 2.46. The molecule has 1 fully saturated rings. The van der Waals surface area contributed by atoms with Crippen LogP contribution in [0.1, 0.15) is 57.2 Å². The van der Waals surface area contributed by atoms with Crippen LogP contribution < -0.4 is 5.73 Å². The van der Waals surface area contributed by atoms with Gasteiger partial charge < -0.3 is 5.73 Å². The number of fused-ring (bicyclic) bond motifs is 1. The molecule has 2 N–H and O–H groups in total. The molecule has 3 atom stereocenters. The third-order valence-electron chi connectivity index (χ3n) is 5.53. The number of likely N-dealkylation sites (tertiary alicyclic amines) is 1. The van der Waals surface area contributed by atoms with Crippen molar-refractivity contribution in [1.29, 1.82) is 0 Å². The van der Waals surface area contributed by atoms with E-state index in [-0.39, 0.29) is 0 Å². The molecule has 3 unspecified atom stereocenters. The van der Waals surface area contributed by atoms with E-state index in [4.69, 9.17) is 5.73 Å². The lowest BCUT2D eigenvalue weighted by Crippen LogP contribution is -2.38. The fourth-order valence-electron chi connectivity index (χ4n) is 4.31. The van der Waals surface area contributed by atoms with E-state index in [0.717, 1.165) is 6.54 Å². The first-order chi connectivity index (χ1) is 9.53. The SMILES string of the molecule is CC1CC(CN)CN1C1CCC(C)(C)c2ccccc21.